The van der Waals surface area contributed by atoms with Gasteiger partial charge in [-0.25, -0.2) is 13.4 Å². The van der Waals surface area contributed by atoms with E-state index in [1.165, 1.54) is 17.6 Å². The zero-order valence-corrected chi connectivity index (χ0v) is 17.5. The molecule has 0 unspecified atom stereocenters. The summed E-state index contributed by atoms with van der Waals surface area (Å²) in [7, 11) is -2.00. The second-order valence-corrected chi connectivity index (χ2v) is 9.03. The average Bonchev–Trinajstić information content (AvgIpc) is 2.69. The van der Waals surface area contributed by atoms with E-state index >= 15 is 0 Å². The largest absolute Gasteiger partial charge is 0.497 e. The molecule has 10 heteroatoms. The normalized spacial score (nSPS) is 17.6. The number of aromatic amines is 1. The number of benzene rings is 1. The molecule has 3 rings (SSSR count). The molecule has 1 aliphatic rings. The number of H-pyrrole nitrogens is 1. The van der Waals surface area contributed by atoms with Gasteiger partial charge in [0.15, 0.2) is 0 Å². The molecule has 8 nitrogen and oxygen atoms in total. The van der Waals surface area contributed by atoms with Gasteiger partial charge in [-0.2, -0.15) is 4.31 Å². The zero-order chi connectivity index (χ0) is 19.6. The molecule has 0 amide bonds. The molecule has 1 atom stereocenters. The lowest BCUT2D eigenvalue weighted by Crippen LogP contribution is -2.49. The number of piperazine rings is 1. The molecule has 0 saturated carbocycles. The summed E-state index contributed by atoms with van der Waals surface area (Å²) in [6, 6.07) is 6.28. The molecule has 1 saturated heterocycles. The maximum atomic E-state index is 12.8. The Morgan fingerprint density at radius 3 is 2.37 bits per heavy atom. The van der Waals surface area contributed by atoms with Crippen molar-refractivity contribution in [3.63, 3.8) is 0 Å². The van der Waals surface area contributed by atoms with Crippen LogP contribution < -0.4 is 10.3 Å². The standard InChI is InChI=1S/C17H21BrN4O4S/c1-12(16-19-11-15(18)17(23)20-16)21-7-9-22(10-8-21)27(24,25)14-5-3-13(26-2)4-6-14/h3-6,11-12H,7-10H2,1-2H3,(H,19,20,23)/t12-/m0/s1. The van der Waals surface area contributed by atoms with E-state index in [1.807, 2.05) is 6.92 Å². The van der Waals surface area contributed by atoms with E-state index in [4.69, 9.17) is 4.74 Å². The Kier molecular flexibility index (Phi) is 5.99. The molecular weight excluding hydrogens is 436 g/mol. The van der Waals surface area contributed by atoms with E-state index < -0.39 is 10.0 Å². The van der Waals surface area contributed by atoms with Crippen molar-refractivity contribution < 1.29 is 13.2 Å². The van der Waals surface area contributed by atoms with Gasteiger partial charge in [0.2, 0.25) is 10.0 Å². The van der Waals surface area contributed by atoms with E-state index in [0.717, 1.165) is 0 Å². The monoisotopic (exact) mass is 456 g/mol. The maximum absolute atomic E-state index is 12.8. The van der Waals surface area contributed by atoms with E-state index in [0.29, 0.717) is 42.2 Å². The highest BCUT2D eigenvalue weighted by Gasteiger charge is 2.30. The van der Waals surface area contributed by atoms with Crippen molar-refractivity contribution in [2.45, 2.75) is 17.9 Å². The number of nitrogens with zero attached hydrogens (tertiary/aromatic N) is 3. The number of hydrogen-bond acceptors (Lipinski definition) is 6. The highest BCUT2D eigenvalue weighted by molar-refractivity contribution is 9.10. The van der Waals surface area contributed by atoms with E-state index in [-0.39, 0.29) is 16.5 Å². The third kappa shape index (κ3) is 4.23. The summed E-state index contributed by atoms with van der Waals surface area (Å²) < 4.78 is 32.6. The van der Waals surface area contributed by atoms with E-state index in [2.05, 4.69) is 30.8 Å². The molecule has 1 aromatic carbocycles. The summed E-state index contributed by atoms with van der Waals surface area (Å²) in [5.74, 6) is 1.18. The molecule has 0 bridgehead atoms. The Labute approximate surface area is 166 Å². The number of nitrogens with one attached hydrogen (secondary N) is 1. The average molecular weight is 457 g/mol. The zero-order valence-electron chi connectivity index (χ0n) is 15.1. The van der Waals surface area contributed by atoms with Gasteiger partial charge in [0.25, 0.3) is 5.56 Å². The van der Waals surface area contributed by atoms with Crippen LogP contribution in [0, 0.1) is 0 Å². The minimum Gasteiger partial charge on any atom is -0.497 e. The van der Waals surface area contributed by atoms with Crippen molar-refractivity contribution in [3.05, 3.63) is 51.1 Å². The van der Waals surface area contributed by atoms with Gasteiger partial charge >= 0.3 is 0 Å². The molecule has 1 aliphatic heterocycles. The van der Waals surface area contributed by atoms with Gasteiger partial charge in [-0.1, -0.05) is 0 Å². The number of methoxy groups -OCH3 is 1. The van der Waals surface area contributed by atoms with Crippen molar-refractivity contribution in [2.24, 2.45) is 0 Å². The van der Waals surface area contributed by atoms with Crippen LogP contribution in [-0.4, -0.2) is 60.9 Å². The minimum absolute atomic E-state index is 0.114. The summed E-state index contributed by atoms with van der Waals surface area (Å²) in [5.41, 5.74) is -0.229. The Hall–Kier alpha value is -1.75. The first-order chi connectivity index (χ1) is 12.8. The molecule has 0 spiro atoms. The fourth-order valence-electron chi connectivity index (χ4n) is 3.01. The third-order valence-electron chi connectivity index (χ3n) is 4.69. The maximum Gasteiger partial charge on any atom is 0.265 e. The Morgan fingerprint density at radius 2 is 1.81 bits per heavy atom. The molecule has 1 N–H and O–H groups in total. The second kappa shape index (κ2) is 8.09. The molecule has 1 aromatic heterocycles. The first-order valence-corrected chi connectivity index (χ1v) is 10.7. The van der Waals surface area contributed by atoms with Gasteiger partial charge in [0.1, 0.15) is 16.0 Å². The lowest BCUT2D eigenvalue weighted by atomic mass is 10.2. The molecular formula is C17H21BrN4O4S. The molecule has 2 heterocycles. The predicted molar refractivity (Wildman–Crippen MR) is 104 cm³/mol. The Morgan fingerprint density at radius 1 is 1.19 bits per heavy atom. The first-order valence-electron chi connectivity index (χ1n) is 8.46. The molecule has 146 valence electrons. The van der Waals surface area contributed by atoms with Crippen LogP contribution in [0.1, 0.15) is 18.8 Å². The smallest absolute Gasteiger partial charge is 0.265 e. The molecule has 2 aromatic rings. The fourth-order valence-corrected chi connectivity index (χ4v) is 4.63. The van der Waals surface area contributed by atoms with Crippen LogP contribution in [0.3, 0.4) is 0 Å². The summed E-state index contributed by atoms with van der Waals surface area (Å²) >= 11 is 3.13. The van der Waals surface area contributed by atoms with Gasteiger partial charge in [0.05, 0.1) is 18.0 Å². The van der Waals surface area contributed by atoms with E-state index in [9.17, 15) is 13.2 Å². The predicted octanol–water partition coefficient (Wildman–Crippen LogP) is 1.61. The second-order valence-electron chi connectivity index (χ2n) is 6.24. The van der Waals surface area contributed by atoms with Crippen molar-refractivity contribution in [1.29, 1.82) is 0 Å². The van der Waals surface area contributed by atoms with Gasteiger partial charge in [0, 0.05) is 32.4 Å². The topological polar surface area (TPSA) is 95.6 Å². The first kappa shape index (κ1) is 20.0. The number of hydrogen-bond donors (Lipinski definition) is 1. The lowest BCUT2D eigenvalue weighted by molar-refractivity contribution is 0.141. The van der Waals surface area contributed by atoms with Gasteiger partial charge in [-0.05, 0) is 47.1 Å². The number of rotatable bonds is 5. The quantitative estimate of drug-likeness (QED) is 0.733. The summed E-state index contributed by atoms with van der Waals surface area (Å²) in [6.45, 7) is 3.80. The number of sulfonamides is 1. The number of halogens is 1. The highest BCUT2D eigenvalue weighted by Crippen LogP contribution is 2.23. The highest BCUT2D eigenvalue weighted by atomic mass is 79.9. The van der Waals surface area contributed by atoms with Crippen LogP contribution in [0.15, 0.2) is 44.6 Å². The van der Waals surface area contributed by atoms with Crippen molar-refractivity contribution >= 4 is 26.0 Å². The van der Waals surface area contributed by atoms with E-state index in [1.54, 1.807) is 24.3 Å². The van der Waals surface area contributed by atoms with Crippen LogP contribution in [0.25, 0.3) is 0 Å². The lowest BCUT2D eigenvalue weighted by Gasteiger charge is -2.36. The summed E-state index contributed by atoms with van der Waals surface area (Å²) in [4.78, 5) is 21.1. The van der Waals surface area contributed by atoms with Gasteiger partial charge in [-0.3, -0.25) is 9.69 Å². The molecule has 0 radical (unpaired) electrons. The van der Waals surface area contributed by atoms with Crippen LogP contribution in [0.5, 0.6) is 5.75 Å². The van der Waals surface area contributed by atoms with Crippen LogP contribution in [-0.2, 0) is 10.0 Å². The van der Waals surface area contributed by atoms with Crippen LogP contribution >= 0.6 is 15.9 Å². The van der Waals surface area contributed by atoms with Crippen LogP contribution in [0.4, 0.5) is 0 Å². The number of aromatic nitrogens is 2. The number of ether oxygens (including phenoxy) is 1. The Balaban J connectivity index is 1.68. The summed E-state index contributed by atoms with van der Waals surface area (Å²) in [5, 5.41) is 0. The van der Waals surface area contributed by atoms with Crippen LogP contribution in [0.2, 0.25) is 0 Å². The molecule has 1 fully saturated rings. The molecule has 27 heavy (non-hydrogen) atoms. The SMILES string of the molecule is COc1ccc(S(=O)(=O)N2CCN([C@@H](C)c3ncc(Br)c(=O)[nH]3)CC2)cc1. The Bertz CT molecular complexity index is 954. The summed E-state index contributed by atoms with van der Waals surface area (Å²) in [6.07, 6.45) is 1.48. The third-order valence-corrected chi connectivity index (χ3v) is 7.17. The van der Waals surface area contributed by atoms with Gasteiger partial charge < -0.3 is 9.72 Å². The molecule has 0 aliphatic carbocycles. The van der Waals surface area contributed by atoms with Crippen molar-refractivity contribution in [3.8, 4) is 5.75 Å². The van der Waals surface area contributed by atoms with Gasteiger partial charge in [-0.15, -0.1) is 0 Å². The minimum atomic E-state index is -3.54. The van der Waals surface area contributed by atoms with Crippen molar-refractivity contribution in [2.75, 3.05) is 33.3 Å². The van der Waals surface area contributed by atoms with Crippen molar-refractivity contribution in [1.82, 2.24) is 19.2 Å². The fraction of sp³-hybridized carbons (Fsp3) is 0.412.